The van der Waals surface area contributed by atoms with Crippen molar-refractivity contribution >= 4 is 11.6 Å². The minimum atomic E-state index is -0.277. The fraction of sp³-hybridized carbons (Fsp3) is 0.367. The molecular weight excluding hydrogens is 456 g/mol. The van der Waals surface area contributed by atoms with Crippen molar-refractivity contribution in [1.29, 1.82) is 0 Å². The first-order valence-corrected chi connectivity index (χ1v) is 12.9. The van der Waals surface area contributed by atoms with E-state index in [1.54, 1.807) is 24.3 Å². The maximum atomic E-state index is 13.6. The summed E-state index contributed by atoms with van der Waals surface area (Å²) in [5.74, 6) is -0.547. The topological polar surface area (TPSA) is 35.6 Å². The van der Waals surface area contributed by atoms with Crippen molar-refractivity contribution in [2.75, 3.05) is 38.0 Å². The Morgan fingerprint density at radius 3 is 1.89 bits per heavy atom. The van der Waals surface area contributed by atoms with Crippen LogP contribution in [0.1, 0.15) is 48.6 Å². The molecule has 6 heteroatoms. The average molecular weight is 492 g/mol. The highest BCUT2D eigenvalue weighted by atomic mass is 19.1. The van der Waals surface area contributed by atoms with Gasteiger partial charge in [-0.15, -0.1) is 0 Å². The van der Waals surface area contributed by atoms with E-state index in [-0.39, 0.29) is 23.6 Å². The lowest BCUT2D eigenvalue weighted by atomic mass is 9.96. The molecule has 0 atom stereocenters. The average Bonchev–Trinajstić information content (AvgIpc) is 3.12. The van der Waals surface area contributed by atoms with Crippen molar-refractivity contribution in [3.63, 3.8) is 0 Å². The molecule has 4 rings (SSSR count). The van der Waals surface area contributed by atoms with Gasteiger partial charge in [0.15, 0.2) is 0 Å². The van der Waals surface area contributed by atoms with Crippen molar-refractivity contribution in [3.8, 4) is 0 Å². The predicted octanol–water partition coefficient (Wildman–Crippen LogP) is 5.83. The zero-order chi connectivity index (χ0) is 25.5. The lowest BCUT2D eigenvalue weighted by molar-refractivity contribution is -0.117. The third kappa shape index (κ3) is 6.37. The third-order valence-corrected chi connectivity index (χ3v) is 6.99. The molecule has 1 aliphatic rings. The number of aryl methyl sites for hydroxylation is 2. The number of amides is 1. The molecule has 1 fully saturated rings. The molecule has 0 unspecified atom stereocenters. The molecular formula is C30H35F2N3O. The number of para-hydroxylation sites is 1. The van der Waals surface area contributed by atoms with E-state index in [9.17, 15) is 13.6 Å². The summed E-state index contributed by atoms with van der Waals surface area (Å²) in [7, 11) is 0. The molecule has 1 N–H and O–H groups in total. The highest BCUT2D eigenvalue weighted by Crippen LogP contribution is 2.30. The maximum Gasteiger partial charge on any atom is 0.238 e. The predicted molar refractivity (Wildman–Crippen MR) is 141 cm³/mol. The second-order valence-electron chi connectivity index (χ2n) is 9.38. The molecule has 1 aliphatic heterocycles. The Hall–Kier alpha value is -3.09. The molecule has 3 aromatic carbocycles. The molecule has 0 saturated carbocycles. The van der Waals surface area contributed by atoms with E-state index >= 15 is 0 Å². The minimum absolute atomic E-state index is 0.00710. The summed E-state index contributed by atoms with van der Waals surface area (Å²) < 4.78 is 27.3. The van der Waals surface area contributed by atoms with Crippen molar-refractivity contribution in [3.05, 3.63) is 101 Å². The van der Waals surface area contributed by atoms with E-state index in [4.69, 9.17) is 0 Å². The summed E-state index contributed by atoms with van der Waals surface area (Å²) >= 11 is 0. The molecule has 36 heavy (non-hydrogen) atoms. The highest BCUT2D eigenvalue weighted by molar-refractivity contribution is 5.93. The number of nitrogens with zero attached hydrogens (tertiary/aromatic N) is 2. The van der Waals surface area contributed by atoms with Gasteiger partial charge in [0.05, 0.1) is 12.6 Å². The SMILES string of the molecule is CCc1cccc(CC)c1NC(=O)CN1CCCN(C(c2ccc(F)cc2)c2ccc(F)cc2)CC1. The van der Waals surface area contributed by atoms with Gasteiger partial charge in [-0.25, -0.2) is 8.78 Å². The van der Waals surface area contributed by atoms with Gasteiger partial charge in [0.2, 0.25) is 5.91 Å². The molecule has 1 amide bonds. The van der Waals surface area contributed by atoms with Gasteiger partial charge in [-0.2, -0.15) is 0 Å². The molecule has 1 heterocycles. The van der Waals surface area contributed by atoms with E-state index < -0.39 is 0 Å². The van der Waals surface area contributed by atoms with Gasteiger partial charge in [0.25, 0.3) is 0 Å². The number of nitrogens with one attached hydrogen (secondary N) is 1. The number of benzene rings is 3. The number of hydrogen-bond acceptors (Lipinski definition) is 3. The monoisotopic (exact) mass is 491 g/mol. The van der Waals surface area contributed by atoms with Crippen molar-refractivity contribution < 1.29 is 13.6 Å². The third-order valence-electron chi connectivity index (χ3n) is 6.99. The van der Waals surface area contributed by atoms with Crippen LogP contribution in [0.5, 0.6) is 0 Å². The normalized spacial score (nSPS) is 15.1. The zero-order valence-corrected chi connectivity index (χ0v) is 21.1. The lowest BCUT2D eigenvalue weighted by Crippen LogP contribution is -2.37. The van der Waals surface area contributed by atoms with E-state index in [1.807, 2.05) is 0 Å². The first kappa shape index (κ1) is 26.0. The number of carbonyl (C=O) groups is 1. The Morgan fingerprint density at radius 1 is 0.806 bits per heavy atom. The lowest BCUT2D eigenvalue weighted by Gasteiger charge is -2.31. The molecule has 0 radical (unpaired) electrons. The number of rotatable bonds is 8. The van der Waals surface area contributed by atoms with Crippen LogP contribution in [0, 0.1) is 11.6 Å². The van der Waals surface area contributed by atoms with Gasteiger partial charge in [-0.3, -0.25) is 14.6 Å². The largest absolute Gasteiger partial charge is 0.324 e. The summed E-state index contributed by atoms with van der Waals surface area (Å²) in [6, 6.07) is 19.2. The Balaban J connectivity index is 1.46. The minimum Gasteiger partial charge on any atom is -0.324 e. The molecule has 0 spiro atoms. The first-order chi connectivity index (χ1) is 17.5. The van der Waals surface area contributed by atoms with Gasteiger partial charge in [0, 0.05) is 25.3 Å². The second-order valence-corrected chi connectivity index (χ2v) is 9.38. The quantitative estimate of drug-likeness (QED) is 0.431. The van der Waals surface area contributed by atoms with Crippen LogP contribution in [0.2, 0.25) is 0 Å². The molecule has 0 bridgehead atoms. The van der Waals surface area contributed by atoms with E-state index in [0.29, 0.717) is 6.54 Å². The number of hydrogen-bond donors (Lipinski definition) is 1. The van der Waals surface area contributed by atoms with E-state index in [1.165, 1.54) is 24.3 Å². The summed E-state index contributed by atoms with van der Waals surface area (Å²) in [4.78, 5) is 17.6. The van der Waals surface area contributed by atoms with E-state index in [2.05, 4.69) is 47.2 Å². The van der Waals surface area contributed by atoms with Gasteiger partial charge in [-0.05, 0) is 72.3 Å². The smallest absolute Gasteiger partial charge is 0.238 e. The Labute approximate surface area is 212 Å². The fourth-order valence-electron chi connectivity index (χ4n) is 5.10. The fourth-order valence-corrected chi connectivity index (χ4v) is 5.10. The number of halogens is 2. The van der Waals surface area contributed by atoms with Crippen LogP contribution in [0.25, 0.3) is 0 Å². The van der Waals surface area contributed by atoms with Gasteiger partial charge < -0.3 is 5.32 Å². The Bertz CT molecular complexity index is 1080. The number of anilines is 1. The summed E-state index contributed by atoms with van der Waals surface area (Å²) in [6.07, 6.45) is 2.64. The Morgan fingerprint density at radius 2 is 1.36 bits per heavy atom. The number of carbonyl (C=O) groups excluding carboxylic acids is 1. The zero-order valence-electron chi connectivity index (χ0n) is 21.1. The van der Waals surface area contributed by atoms with Crippen LogP contribution in [0.4, 0.5) is 14.5 Å². The molecule has 190 valence electrons. The highest BCUT2D eigenvalue weighted by Gasteiger charge is 2.26. The van der Waals surface area contributed by atoms with Gasteiger partial charge in [-0.1, -0.05) is 56.3 Å². The van der Waals surface area contributed by atoms with Crippen LogP contribution in [0.15, 0.2) is 66.7 Å². The molecule has 0 aromatic heterocycles. The first-order valence-electron chi connectivity index (χ1n) is 12.9. The van der Waals surface area contributed by atoms with Gasteiger partial charge in [0.1, 0.15) is 11.6 Å². The van der Waals surface area contributed by atoms with Crippen LogP contribution in [-0.2, 0) is 17.6 Å². The van der Waals surface area contributed by atoms with Crippen LogP contribution in [0.3, 0.4) is 0 Å². The molecule has 4 nitrogen and oxygen atoms in total. The van der Waals surface area contributed by atoms with Crippen LogP contribution >= 0.6 is 0 Å². The maximum absolute atomic E-state index is 13.6. The van der Waals surface area contributed by atoms with E-state index in [0.717, 1.165) is 73.4 Å². The van der Waals surface area contributed by atoms with Crippen molar-refractivity contribution in [2.45, 2.75) is 39.2 Å². The molecule has 0 aliphatic carbocycles. The summed E-state index contributed by atoms with van der Waals surface area (Å²) in [6.45, 7) is 7.68. The van der Waals surface area contributed by atoms with Crippen molar-refractivity contribution in [1.82, 2.24) is 9.80 Å². The van der Waals surface area contributed by atoms with Crippen LogP contribution in [-0.4, -0.2) is 48.4 Å². The Kier molecular flexibility index (Phi) is 8.83. The standard InChI is InChI=1S/C30H35F2N3O/c1-3-22-7-5-8-23(4-2)29(22)33-28(36)21-34-17-6-18-35(20-19-34)30(24-9-13-26(31)14-10-24)25-11-15-27(32)16-12-25/h5,7-16,30H,3-4,6,17-21H2,1-2H3,(H,33,36). The molecule has 3 aromatic rings. The van der Waals surface area contributed by atoms with Crippen molar-refractivity contribution in [2.24, 2.45) is 0 Å². The second kappa shape index (κ2) is 12.2. The molecule has 1 saturated heterocycles. The summed E-state index contributed by atoms with van der Waals surface area (Å²) in [5.41, 5.74) is 5.21. The van der Waals surface area contributed by atoms with Crippen LogP contribution < -0.4 is 5.32 Å². The summed E-state index contributed by atoms with van der Waals surface area (Å²) in [5, 5.41) is 3.18. The van der Waals surface area contributed by atoms with Gasteiger partial charge >= 0.3 is 0 Å².